The topological polar surface area (TPSA) is 67.4 Å². The van der Waals surface area contributed by atoms with Gasteiger partial charge in [0.25, 0.3) is 0 Å². The summed E-state index contributed by atoms with van der Waals surface area (Å²) in [4.78, 5) is 23.6. The molecule has 0 aliphatic heterocycles. The zero-order chi connectivity index (χ0) is 17.4. The molecule has 0 aliphatic rings. The van der Waals surface area contributed by atoms with E-state index in [4.69, 9.17) is 4.74 Å². The van der Waals surface area contributed by atoms with Crippen LogP contribution in [-0.4, -0.2) is 18.9 Å². The summed E-state index contributed by atoms with van der Waals surface area (Å²) in [5, 5.41) is 5.70. The fourth-order valence-electron chi connectivity index (χ4n) is 2.38. The normalized spacial score (nSPS) is 11.4. The smallest absolute Gasteiger partial charge is 0.222 e. The summed E-state index contributed by atoms with van der Waals surface area (Å²) in [5.41, 5.74) is 1.90. The molecular weight excluding hydrogens is 304 g/mol. The first-order chi connectivity index (χ1) is 11.6. The number of hydrogen-bond donors (Lipinski definition) is 2. The summed E-state index contributed by atoms with van der Waals surface area (Å²) >= 11 is 0. The maximum atomic E-state index is 12.2. The summed E-state index contributed by atoms with van der Waals surface area (Å²) in [6.07, 6.45) is 0.194. The maximum Gasteiger partial charge on any atom is 0.222 e. The third kappa shape index (κ3) is 5.43. The van der Waals surface area contributed by atoms with E-state index in [9.17, 15) is 9.59 Å². The van der Waals surface area contributed by atoms with E-state index in [1.54, 1.807) is 7.11 Å². The molecule has 2 aromatic carbocycles. The van der Waals surface area contributed by atoms with E-state index in [-0.39, 0.29) is 24.3 Å². The lowest BCUT2D eigenvalue weighted by molar-refractivity contribution is -0.122. The van der Waals surface area contributed by atoms with Crippen LogP contribution in [0.3, 0.4) is 0 Å². The second kappa shape index (κ2) is 8.72. The van der Waals surface area contributed by atoms with Crippen LogP contribution in [0.4, 0.5) is 0 Å². The highest BCUT2D eigenvalue weighted by Gasteiger charge is 2.16. The van der Waals surface area contributed by atoms with Gasteiger partial charge in [0.15, 0.2) is 0 Å². The lowest BCUT2D eigenvalue weighted by Crippen LogP contribution is -2.32. The van der Waals surface area contributed by atoms with Crippen LogP contribution in [0.2, 0.25) is 0 Å². The van der Waals surface area contributed by atoms with Gasteiger partial charge in [0.1, 0.15) is 5.75 Å². The number of carbonyl (C=O) groups excluding carboxylic acids is 2. The first-order valence-corrected chi connectivity index (χ1v) is 7.80. The number of rotatable bonds is 7. The lowest BCUT2D eigenvalue weighted by Gasteiger charge is -2.18. The van der Waals surface area contributed by atoms with Gasteiger partial charge in [0.05, 0.1) is 19.6 Å². The Morgan fingerprint density at radius 3 is 2.29 bits per heavy atom. The quantitative estimate of drug-likeness (QED) is 0.822. The first kappa shape index (κ1) is 17.5. The highest BCUT2D eigenvalue weighted by atomic mass is 16.5. The largest absolute Gasteiger partial charge is 0.497 e. The minimum absolute atomic E-state index is 0.117. The van der Waals surface area contributed by atoms with Crippen LogP contribution in [0, 0.1) is 0 Å². The molecule has 1 atom stereocenters. The Balaban J connectivity index is 1.93. The van der Waals surface area contributed by atoms with Crippen molar-refractivity contribution in [3.8, 4) is 5.75 Å². The molecule has 0 aliphatic carbocycles. The van der Waals surface area contributed by atoms with E-state index in [2.05, 4.69) is 10.6 Å². The van der Waals surface area contributed by atoms with Gasteiger partial charge in [-0.2, -0.15) is 0 Å². The van der Waals surface area contributed by atoms with Crippen molar-refractivity contribution in [2.24, 2.45) is 0 Å². The number of ether oxygens (including phenoxy) is 1. The van der Waals surface area contributed by atoms with Crippen LogP contribution in [0.5, 0.6) is 5.75 Å². The molecule has 0 heterocycles. The van der Waals surface area contributed by atoms with Gasteiger partial charge < -0.3 is 15.4 Å². The molecule has 126 valence electrons. The van der Waals surface area contributed by atoms with E-state index in [1.807, 2.05) is 54.6 Å². The second-order valence-electron chi connectivity index (χ2n) is 5.49. The summed E-state index contributed by atoms with van der Waals surface area (Å²) < 4.78 is 5.11. The summed E-state index contributed by atoms with van der Waals surface area (Å²) in [7, 11) is 1.61. The fourth-order valence-corrected chi connectivity index (χ4v) is 2.38. The molecule has 0 unspecified atom stereocenters. The van der Waals surface area contributed by atoms with Gasteiger partial charge in [-0.15, -0.1) is 0 Å². The molecule has 2 rings (SSSR count). The van der Waals surface area contributed by atoms with Crippen LogP contribution in [-0.2, 0) is 16.1 Å². The molecule has 0 bridgehead atoms. The van der Waals surface area contributed by atoms with E-state index >= 15 is 0 Å². The van der Waals surface area contributed by atoms with Gasteiger partial charge in [-0.25, -0.2) is 0 Å². The second-order valence-corrected chi connectivity index (χ2v) is 5.49. The summed E-state index contributed by atoms with van der Waals surface area (Å²) in [6, 6.07) is 16.7. The Morgan fingerprint density at radius 2 is 1.71 bits per heavy atom. The molecular formula is C19H22N2O3. The van der Waals surface area contributed by atoms with Crippen molar-refractivity contribution in [2.75, 3.05) is 7.11 Å². The van der Waals surface area contributed by atoms with Crippen molar-refractivity contribution in [3.63, 3.8) is 0 Å². The van der Waals surface area contributed by atoms with Crippen molar-refractivity contribution < 1.29 is 14.3 Å². The Kier molecular flexibility index (Phi) is 6.37. The lowest BCUT2D eigenvalue weighted by atomic mass is 10.0. The Morgan fingerprint density at radius 1 is 1.04 bits per heavy atom. The molecule has 2 aromatic rings. The molecule has 0 spiro atoms. The predicted molar refractivity (Wildman–Crippen MR) is 92.5 cm³/mol. The molecule has 0 fully saturated rings. The van der Waals surface area contributed by atoms with Crippen molar-refractivity contribution in [3.05, 3.63) is 65.7 Å². The maximum absolute atomic E-state index is 12.2. The highest BCUT2D eigenvalue weighted by molar-refractivity contribution is 5.79. The fraction of sp³-hybridized carbons (Fsp3) is 0.263. The van der Waals surface area contributed by atoms with Crippen molar-refractivity contribution in [1.82, 2.24) is 10.6 Å². The average Bonchev–Trinajstić information content (AvgIpc) is 2.60. The molecule has 2 amide bonds. The van der Waals surface area contributed by atoms with Crippen molar-refractivity contribution >= 4 is 11.8 Å². The molecule has 0 aromatic heterocycles. The summed E-state index contributed by atoms with van der Waals surface area (Å²) in [5.74, 6) is 0.500. The molecule has 0 radical (unpaired) electrons. The Labute approximate surface area is 142 Å². The molecule has 5 heteroatoms. The van der Waals surface area contributed by atoms with Crippen LogP contribution in [0.1, 0.15) is 30.5 Å². The standard InChI is InChI=1S/C19H22N2O3/c1-14(22)21-18(16-6-4-3-5-7-16)12-19(23)20-13-15-8-10-17(24-2)11-9-15/h3-11,18H,12-13H2,1-2H3,(H,20,23)(H,21,22)/t18-/m1/s1. The third-order valence-corrected chi connectivity index (χ3v) is 3.62. The number of benzene rings is 2. The number of nitrogens with one attached hydrogen (secondary N) is 2. The van der Waals surface area contributed by atoms with Gasteiger partial charge in [-0.05, 0) is 23.3 Å². The summed E-state index contributed by atoms with van der Waals surface area (Å²) in [6.45, 7) is 1.88. The number of methoxy groups -OCH3 is 1. The third-order valence-electron chi connectivity index (χ3n) is 3.62. The van der Waals surface area contributed by atoms with Gasteiger partial charge in [-0.1, -0.05) is 42.5 Å². The number of carbonyl (C=O) groups is 2. The molecule has 24 heavy (non-hydrogen) atoms. The molecule has 0 saturated carbocycles. The number of amides is 2. The van der Waals surface area contributed by atoms with Crippen LogP contribution >= 0.6 is 0 Å². The van der Waals surface area contributed by atoms with Gasteiger partial charge in [0, 0.05) is 13.5 Å². The van der Waals surface area contributed by atoms with E-state index in [1.165, 1.54) is 6.92 Å². The Bertz CT molecular complexity index is 669. The average molecular weight is 326 g/mol. The van der Waals surface area contributed by atoms with Crippen LogP contribution < -0.4 is 15.4 Å². The van der Waals surface area contributed by atoms with Gasteiger partial charge in [-0.3, -0.25) is 9.59 Å². The van der Waals surface area contributed by atoms with E-state index in [0.29, 0.717) is 6.54 Å². The minimum Gasteiger partial charge on any atom is -0.497 e. The molecule has 2 N–H and O–H groups in total. The van der Waals surface area contributed by atoms with Crippen LogP contribution in [0.25, 0.3) is 0 Å². The van der Waals surface area contributed by atoms with E-state index < -0.39 is 0 Å². The monoisotopic (exact) mass is 326 g/mol. The van der Waals surface area contributed by atoms with Gasteiger partial charge in [0.2, 0.25) is 11.8 Å². The first-order valence-electron chi connectivity index (χ1n) is 7.80. The highest BCUT2D eigenvalue weighted by Crippen LogP contribution is 2.17. The predicted octanol–water partition coefficient (Wildman–Crippen LogP) is 2.58. The minimum atomic E-state index is -0.334. The Hall–Kier alpha value is -2.82. The number of hydrogen-bond acceptors (Lipinski definition) is 3. The van der Waals surface area contributed by atoms with E-state index in [0.717, 1.165) is 16.9 Å². The van der Waals surface area contributed by atoms with Gasteiger partial charge >= 0.3 is 0 Å². The molecule has 5 nitrogen and oxygen atoms in total. The molecule has 0 saturated heterocycles. The van der Waals surface area contributed by atoms with Crippen molar-refractivity contribution in [2.45, 2.75) is 25.9 Å². The van der Waals surface area contributed by atoms with Crippen LogP contribution in [0.15, 0.2) is 54.6 Å². The zero-order valence-electron chi connectivity index (χ0n) is 13.9. The SMILES string of the molecule is COc1ccc(CNC(=O)C[C@@H](NC(C)=O)c2ccccc2)cc1. The van der Waals surface area contributed by atoms with Crippen molar-refractivity contribution in [1.29, 1.82) is 0 Å². The zero-order valence-corrected chi connectivity index (χ0v) is 13.9.